The van der Waals surface area contributed by atoms with Crippen LogP contribution in [-0.2, 0) is 32.6 Å². The molecule has 1 atom stereocenters. The molecule has 37 heavy (non-hydrogen) atoms. The van der Waals surface area contributed by atoms with E-state index in [1.165, 1.54) is 10.7 Å². The van der Waals surface area contributed by atoms with E-state index in [0.717, 1.165) is 48.6 Å². The highest BCUT2D eigenvalue weighted by atomic mass is 32.2. The predicted octanol–water partition coefficient (Wildman–Crippen LogP) is 4.58. The SMILES string of the molecule is CCc1ccccc1N(CC(=O)N(Cc1cccc(C)c1)C(CC)C(=O)NC1CCCCC1)S(C)(=O)=O. The lowest BCUT2D eigenvalue weighted by atomic mass is 9.95. The molecule has 1 unspecified atom stereocenters. The van der Waals surface area contributed by atoms with Crippen LogP contribution >= 0.6 is 0 Å². The minimum atomic E-state index is -3.75. The third-order valence-electron chi connectivity index (χ3n) is 7.09. The summed E-state index contributed by atoms with van der Waals surface area (Å²) in [4.78, 5) is 28.9. The second-order valence-electron chi connectivity index (χ2n) is 10.0. The molecule has 3 rings (SSSR count). The maximum absolute atomic E-state index is 13.9. The van der Waals surface area contributed by atoms with Gasteiger partial charge in [0.15, 0.2) is 0 Å². The highest BCUT2D eigenvalue weighted by molar-refractivity contribution is 7.92. The molecule has 0 bridgehead atoms. The third-order valence-corrected chi connectivity index (χ3v) is 8.22. The fraction of sp³-hybridized carbons (Fsp3) is 0.517. The minimum absolute atomic E-state index is 0.121. The van der Waals surface area contributed by atoms with E-state index < -0.39 is 22.0 Å². The molecule has 1 saturated carbocycles. The maximum Gasteiger partial charge on any atom is 0.244 e. The second kappa shape index (κ2) is 13.1. The number of rotatable bonds is 11. The summed E-state index contributed by atoms with van der Waals surface area (Å²) in [5, 5.41) is 3.17. The maximum atomic E-state index is 13.9. The van der Waals surface area contributed by atoms with Crippen molar-refractivity contribution in [3.63, 3.8) is 0 Å². The molecule has 1 aliphatic rings. The summed E-state index contributed by atoms with van der Waals surface area (Å²) in [6.07, 6.45) is 7.44. The first-order valence-electron chi connectivity index (χ1n) is 13.3. The summed E-state index contributed by atoms with van der Waals surface area (Å²) < 4.78 is 26.9. The molecule has 0 saturated heterocycles. The number of benzene rings is 2. The molecule has 1 aliphatic carbocycles. The molecule has 2 aromatic rings. The van der Waals surface area contributed by atoms with Crippen molar-refractivity contribution < 1.29 is 18.0 Å². The van der Waals surface area contributed by atoms with E-state index in [1.54, 1.807) is 17.0 Å². The Morgan fingerprint density at radius 2 is 1.73 bits per heavy atom. The van der Waals surface area contributed by atoms with E-state index in [0.29, 0.717) is 18.5 Å². The minimum Gasteiger partial charge on any atom is -0.352 e. The van der Waals surface area contributed by atoms with Crippen LogP contribution in [0, 0.1) is 6.92 Å². The normalized spacial score (nSPS) is 15.1. The summed E-state index contributed by atoms with van der Waals surface area (Å²) in [7, 11) is -3.75. The van der Waals surface area contributed by atoms with Gasteiger partial charge in [-0.1, -0.05) is 81.1 Å². The number of anilines is 1. The lowest BCUT2D eigenvalue weighted by Gasteiger charge is -2.34. The smallest absolute Gasteiger partial charge is 0.244 e. The van der Waals surface area contributed by atoms with Gasteiger partial charge in [-0.15, -0.1) is 0 Å². The number of aryl methyl sites for hydroxylation is 2. The van der Waals surface area contributed by atoms with Gasteiger partial charge in [0, 0.05) is 12.6 Å². The van der Waals surface area contributed by atoms with Crippen LogP contribution < -0.4 is 9.62 Å². The van der Waals surface area contributed by atoms with Crippen molar-refractivity contribution >= 4 is 27.5 Å². The Bertz CT molecular complexity index is 1180. The quantitative estimate of drug-likeness (QED) is 0.463. The lowest BCUT2D eigenvalue weighted by Crippen LogP contribution is -2.54. The topological polar surface area (TPSA) is 86.8 Å². The summed E-state index contributed by atoms with van der Waals surface area (Å²) in [6.45, 7) is 5.69. The van der Waals surface area contributed by atoms with Crippen LogP contribution in [0.3, 0.4) is 0 Å². The van der Waals surface area contributed by atoms with Gasteiger partial charge in [0.2, 0.25) is 21.8 Å². The number of hydrogen-bond donors (Lipinski definition) is 1. The van der Waals surface area contributed by atoms with Crippen LogP contribution in [0.25, 0.3) is 0 Å². The Balaban J connectivity index is 1.94. The van der Waals surface area contributed by atoms with E-state index in [-0.39, 0.29) is 25.0 Å². The monoisotopic (exact) mass is 527 g/mol. The highest BCUT2D eigenvalue weighted by Crippen LogP contribution is 2.25. The van der Waals surface area contributed by atoms with Crippen LogP contribution in [0.5, 0.6) is 0 Å². The molecule has 0 aliphatic heterocycles. The number of nitrogens with one attached hydrogen (secondary N) is 1. The first-order valence-corrected chi connectivity index (χ1v) is 15.2. The van der Waals surface area contributed by atoms with Gasteiger partial charge in [-0.05, 0) is 49.8 Å². The van der Waals surface area contributed by atoms with Crippen molar-refractivity contribution in [2.24, 2.45) is 0 Å². The summed E-state index contributed by atoms with van der Waals surface area (Å²) >= 11 is 0. The van der Waals surface area contributed by atoms with Crippen molar-refractivity contribution in [2.75, 3.05) is 17.1 Å². The second-order valence-corrected chi connectivity index (χ2v) is 11.9. The van der Waals surface area contributed by atoms with Crippen molar-refractivity contribution in [3.8, 4) is 0 Å². The number of amides is 2. The summed E-state index contributed by atoms with van der Waals surface area (Å²) in [6, 6.07) is 14.5. The zero-order chi connectivity index (χ0) is 27.0. The van der Waals surface area contributed by atoms with E-state index in [1.807, 2.05) is 57.2 Å². The van der Waals surface area contributed by atoms with Crippen molar-refractivity contribution in [2.45, 2.75) is 84.3 Å². The van der Waals surface area contributed by atoms with Crippen molar-refractivity contribution in [1.82, 2.24) is 10.2 Å². The molecule has 0 radical (unpaired) electrons. The van der Waals surface area contributed by atoms with Gasteiger partial charge in [0.25, 0.3) is 0 Å². The molecule has 0 heterocycles. The lowest BCUT2D eigenvalue weighted by molar-refractivity contribution is -0.140. The predicted molar refractivity (Wildman–Crippen MR) is 149 cm³/mol. The van der Waals surface area contributed by atoms with E-state index in [2.05, 4.69) is 5.32 Å². The fourth-order valence-corrected chi connectivity index (χ4v) is 6.00. The molecule has 8 heteroatoms. The number of sulfonamides is 1. The van der Waals surface area contributed by atoms with Crippen LogP contribution in [0.15, 0.2) is 48.5 Å². The molecule has 2 aromatic carbocycles. The Morgan fingerprint density at radius 3 is 2.35 bits per heavy atom. The van der Waals surface area contributed by atoms with Gasteiger partial charge in [-0.25, -0.2) is 8.42 Å². The number of para-hydroxylation sites is 1. The zero-order valence-electron chi connectivity index (χ0n) is 22.6. The Hall–Kier alpha value is -2.87. The Morgan fingerprint density at radius 1 is 1.03 bits per heavy atom. The van der Waals surface area contributed by atoms with Crippen molar-refractivity contribution in [1.29, 1.82) is 0 Å². The van der Waals surface area contributed by atoms with Gasteiger partial charge in [0.1, 0.15) is 12.6 Å². The van der Waals surface area contributed by atoms with Gasteiger partial charge in [-0.3, -0.25) is 13.9 Å². The fourth-order valence-electron chi connectivity index (χ4n) is 5.12. The molecule has 0 aromatic heterocycles. The van der Waals surface area contributed by atoms with E-state index in [9.17, 15) is 18.0 Å². The molecule has 1 fully saturated rings. The largest absolute Gasteiger partial charge is 0.352 e. The molecule has 1 N–H and O–H groups in total. The van der Waals surface area contributed by atoms with Gasteiger partial charge in [0.05, 0.1) is 11.9 Å². The van der Waals surface area contributed by atoms with E-state index >= 15 is 0 Å². The van der Waals surface area contributed by atoms with Crippen LogP contribution in [0.4, 0.5) is 5.69 Å². The summed E-state index contributed by atoms with van der Waals surface area (Å²) in [5.74, 6) is -0.571. The number of hydrogen-bond acceptors (Lipinski definition) is 4. The zero-order valence-corrected chi connectivity index (χ0v) is 23.4. The Kier molecular flexibility index (Phi) is 10.1. The number of carbonyl (C=O) groups excluding carboxylic acids is 2. The van der Waals surface area contributed by atoms with Gasteiger partial charge in [-0.2, -0.15) is 0 Å². The van der Waals surface area contributed by atoms with Gasteiger partial charge >= 0.3 is 0 Å². The molecule has 202 valence electrons. The highest BCUT2D eigenvalue weighted by Gasteiger charge is 2.33. The van der Waals surface area contributed by atoms with Crippen LogP contribution in [0.1, 0.15) is 69.1 Å². The van der Waals surface area contributed by atoms with Gasteiger partial charge < -0.3 is 10.2 Å². The average molecular weight is 528 g/mol. The standard InChI is InChI=1S/C29H41N3O4S/c1-5-24-15-10-11-18-27(24)32(37(4,35)36)21-28(33)31(20-23-14-12-13-22(3)19-23)26(6-2)29(34)30-25-16-8-7-9-17-25/h10-15,18-19,25-26H,5-9,16-17,20-21H2,1-4H3,(H,30,34). The Labute approximate surface area is 222 Å². The first kappa shape index (κ1) is 28.7. The van der Waals surface area contributed by atoms with Crippen molar-refractivity contribution in [3.05, 3.63) is 65.2 Å². The molecule has 7 nitrogen and oxygen atoms in total. The molecular formula is C29H41N3O4S. The van der Waals surface area contributed by atoms with Crippen LogP contribution in [0.2, 0.25) is 0 Å². The average Bonchev–Trinajstić information content (AvgIpc) is 2.87. The summed E-state index contributed by atoms with van der Waals surface area (Å²) in [5.41, 5.74) is 3.29. The number of carbonyl (C=O) groups is 2. The van der Waals surface area contributed by atoms with E-state index in [4.69, 9.17) is 0 Å². The third kappa shape index (κ3) is 7.81. The molecule has 0 spiro atoms. The first-order chi connectivity index (χ1) is 17.6. The molecular weight excluding hydrogens is 486 g/mol. The molecule has 2 amide bonds. The number of nitrogens with zero attached hydrogens (tertiary/aromatic N) is 2. The van der Waals surface area contributed by atoms with Crippen LogP contribution in [-0.4, -0.2) is 50.0 Å².